The van der Waals surface area contributed by atoms with Crippen molar-refractivity contribution in [2.45, 2.75) is 31.3 Å². The predicted octanol–water partition coefficient (Wildman–Crippen LogP) is -3.96. The lowest BCUT2D eigenvalue weighted by Gasteiger charge is -2.22. The van der Waals surface area contributed by atoms with Gasteiger partial charge in [-0.05, 0) is 6.92 Å². The maximum absolute atomic E-state index is 9.90. The van der Waals surface area contributed by atoms with Crippen molar-refractivity contribution in [1.82, 2.24) is 0 Å². The molecule has 0 radical (unpaired) electrons. The second-order valence-corrected chi connectivity index (χ2v) is 2.76. The van der Waals surface area contributed by atoms with Crippen LogP contribution in [-0.4, -0.2) is 80.7 Å². The maximum Gasteiger partial charge on any atom is 0.373 e. The van der Waals surface area contributed by atoms with Gasteiger partial charge in [0.15, 0.2) is 6.29 Å². The van der Waals surface area contributed by atoms with E-state index in [2.05, 4.69) is 0 Å². The highest BCUT2D eigenvalue weighted by Crippen LogP contribution is 2.02. The van der Waals surface area contributed by atoms with Crippen molar-refractivity contribution >= 4 is 12.4 Å². The molecule has 108 valence electrons. The summed E-state index contributed by atoms with van der Waals surface area (Å²) in [6.07, 6.45) is -6.59. The van der Waals surface area contributed by atoms with E-state index in [1.165, 1.54) is 0 Å². The maximum atomic E-state index is 9.90. The van der Waals surface area contributed by atoms with E-state index in [1.807, 2.05) is 0 Å². The van der Waals surface area contributed by atoms with Gasteiger partial charge < -0.3 is 35.4 Å². The second kappa shape index (κ2) is 15.8. The molecule has 0 bridgehead atoms. The van der Waals surface area contributed by atoms with Gasteiger partial charge in [0, 0.05) is 6.61 Å². The molecule has 0 aliphatic carbocycles. The van der Waals surface area contributed by atoms with Crippen molar-refractivity contribution in [2.75, 3.05) is 13.2 Å². The van der Waals surface area contributed by atoms with Crippen LogP contribution in [0, 0.1) is 0 Å². The van der Waals surface area contributed by atoms with Gasteiger partial charge in [0.05, 0.1) is 6.61 Å². The molecule has 0 saturated carbocycles. The molecule has 9 heteroatoms. The molecule has 0 aliphatic heterocycles. The molecular formula is C9H18O9. The van der Waals surface area contributed by atoms with Crippen LogP contribution in [0.25, 0.3) is 0 Å². The van der Waals surface area contributed by atoms with Crippen LogP contribution in [0.1, 0.15) is 6.92 Å². The summed E-state index contributed by atoms with van der Waals surface area (Å²) >= 11 is 0. The lowest BCUT2D eigenvalue weighted by molar-refractivity contribution is -0.191. The average Bonchev–Trinajstić information content (AvgIpc) is 2.36. The molecule has 6 N–H and O–H groups in total. The van der Waals surface area contributed by atoms with Crippen molar-refractivity contribution in [1.29, 1.82) is 0 Å². The molecule has 0 aliphatic rings. The Bertz CT molecular complexity index is 214. The largest absolute Gasteiger partial charge is 0.397 e. The van der Waals surface area contributed by atoms with Crippen LogP contribution >= 0.6 is 0 Å². The van der Waals surface area contributed by atoms with Crippen molar-refractivity contribution < 1.29 is 45.0 Å². The fourth-order valence-electron chi connectivity index (χ4n) is 0.618. The van der Waals surface area contributed by atoms with Crippen LogP contribution in [0.2, 0.25) is 0 Å². The average molecular weight is 270 g/mol. The molecule has 0 saturated heterocycles. The molecule has 0 aromatic carbocycles. The summed E-state index contributed by atoms with van der Waals surface area (Å²) in [5, 5.41) is 51.1. The van der Waals surface area contributed by atoms with Crippen LogP contribution in [0.5, 0.6) is 0 Å². The Kier molecular flexibility index (Phi) is 19.4. The molecule has 0 aromatic heterocycles. The number of rotatable bonds is 5. The Hall–Kier alpha value is -1.19. The SMILES string of the molecule is CCO.O=C=O.O=CC(O)C(O)C(O)C(O)CO. The summed E-state index contributed by atoms with van der Waals surface area (Å²) in [7, 11) is 0. The summed E-state index contributed by atoms with van der Waals surface area (Å²) in [5.41, 5.74) is 0. The number of aldehydes is 1. The Morgan fingerprint density at radius 2 is 1.39 bits per heavy atom. The normalized spacial score (nSPS) is 15.5. The quantitative estimate of drug-likeness (QED) is 0.272. The van der Waals surface area contributed by atoms with Gasteiger partial charge in [-0.15, -0.1) is 0 Å². The fourth-order valence-corrected chi connectivity index (χ4v) is 0.618. The molecule has 18 heavy (non-hydrogen) atoms. The van der Waals surface area contributed by atoms with Gasteiger partial charge in [0.25, 0.3) is 0 Å². The lowest BCUT2D eigenvalue weighted by atomic mass is 10.0. The third-order valence-electron chi connectivity index (χ3n) is 1.42. The topological polar surface area (TPSA) is 173 Å². The Balaban J connectivity index is -0.000000315. The molecule has 0 fully saturated rings. The summed E-state index contributed by atoms with van der Waals surface area (Å²) in [6.45, 7) is 1.17. The first kappa shape index (κ1) is 22.0. The number of aliphatic hydroxyl groups is 6. The molecular weight excluding hydrogens is 252 g/mol. The minimum Gasteiger partial charge on any atom is -0.397 e. The number of carbonyl (C=O) groups is 1. The van der Waals surface area contributed by atoms with Gasteiger partial charge in [0.1, 0.15) is 24.4 Å². The van der Waals surface area contributed by atoms with E-state index in [9.17, 15) is 4.79 Å². The molecule has 0 amide bonds. The van der Waals surface area contributed by atoms with Crippen molar-refractivity contribution in [3.63, 3.8) is 0 Å². The fraction of sp³-hybridized carbons (Fsp3) is 0.778. The summed E-state index contributed by atoms with van der Waals surface area (Å²) < 4.78 is 0. The molecule has 4 unspecified atom stereocenters. The first-order chi connectivity index (χ1) is 8.37. The Morgan fingerprint density at radius 3 is 1.61 bits per heavy atom. The molecule has 9 nitrogen and oxygen atoms in total. The molecule has 4 atom stereocenters. The van der Waals surface area contributed by atoms with Gasteiger partial charge in [-0.3, -0.25) is 0 Å². The highest BCUT2D eigenvalue weighted by Gasteiger charge is 2.29. The third-order valence-corrected chi connectivity index (χ3v) is 1.42. The van der Waals surface area contributed by atoms with Gasteiger partial charge >= 0.3 is 6.15 Å². The lowest BCUT2D eigenvalue weighted by Crippen LogP contribution is -2.46. The van der Waals surface area contributed by atoms with Crippen LogP contribution in [0.15, 0.2) is 0 Å². The van der Waals surface area contributed by atoms with Crippen LogP contribution < -0.4 is 0 Å². The van der Waals surface area contributed by atoms with E-state index in [0.717, 1.165) is 0 Å². The molecule has 0 spiro atoms. The van der Waals surface area contributed by atoms with Crippen LogP contribution in [0.3, 0.4) is 0 Å². The zero-order valence-corrected chi connectivity index (χ0v) is 9.71. The van der Waals surface area contributed by atoms with Crippen molar-refractivity contribution in [3.05, 3.63) is 0 Å². The summed E-state index contributed by atoms with van der Waals surface area (Å²) in [6, 6.07) is 0. The minimum absolute atomic E-state index is 0.0258. The van der Waals surface area contributed by atoms with Crippen molar-refractivity contribution in [2.24, 2.45) is 0 Å². The predicted molar refractivity (Wildman–Crippen MR) is 54.9 cm³/mol. The van der Waals surface area contributed by atoms with Gasteiger partial charge in [-0.1, -0.05) is 0 Å². The van der Waals surface area contributed by atoms with E-state index < -0.39 is 31.0 Å². The first-order valence-electron chi connectivity index (χ1n) is 4.76. The van der Waals surface area contributed by atoms with E-state index in [1.54, 1.807) is 6.92 Å². The smallest absolute Gasteiger partial charge is 0.373 e. The monoisotopic (exact) mass is 270 g/mol. The van der Waals surface area contributed by atoms with E-state index in [0.29, 0.717) is 0 Å². The Labute approximate surface area is 103 Å². The summed E-state index contributed by atoms with van der Waals surface area (Å²) in [4.78, 5) is 26.1. The second-order valence-electron chi connectivity index (χ2n) is 2.76. The van der Waals surface area contributed by atoms with Crippen molar-refractivity contribution in [3.8, 4) is 0 Å². The highest BCUT2D eigenvalue weighted by molar-refractivity contribution is 5.56. The van der Waals surface area contributed by atoms with Gasteiger partial charge in [-0.25, -0.2) is 0 Å². The highest BCUT2D eigenvalue weighted by atomic mass is 16.4. The van der Waals surface area contributed by atoms with Gasteiger partial charge in [0.2, 0.25) is 0 Å². The first-order valence-corrected chi connectivity index (χ1v) is 4.76. The molecule has 0 rings (SSSR count). The van der Waals surface area contributed by atoms with Crippen LogP contribution in [-0.2, 0) is 14.4 Å². The zero-order chi connectivity index (χ0) is 15.1. The van der Waals surface area contributed by atoms with Crippen LogP contribution in [0.4, 0.5) is 0 Å². The van der Waals surface area contributed by atoms with Gasteiger partial charge in [-0.2, -0.15) is 9.59 Å². The minimum atomic E-state index is -1.79. The number of aliphatic hydroxyl groups excluding tert-OH is 6. The summed E-state index contributed by atoms with van der Waals surface area (Å²) in [5.74, 6) is 0. The number of carbonyl (C=O) groups excluding carboxylic acids is 3. The zero-order valence-electron chi connectivity index (χ0n) is 9.71. The van der Waals surface area contributed by atoms with E-state index >= 15 is 0 Å². The Morgan fingerprint density at radius 1 is 1.06 bits per heavy atom. The van der Waals surface area contributed by atoms with E-state index in [4.69, 9.17) is 40.2 Å². The molecule has 0 aromatic rings. The third kappa shape index (κ3) is 12.9. The van der Waals surface area contributed by atoms with E-state index in [-0.39, 0.29) is 19.0 Å². The molecule has 0 heterocycles. The number of hydrogen-bond donors (Lipinski definition) is 6. The standard InChI is InChI=1S/C6H12O6.C2H6O.CO2/c7-1-3(9)5(11)6(12)4(10)2-8;1-2-3;2-1-3/h1,3-6,8-12H,2H2;3H,2H2,1H3;. The number of hydrogen-bond acceptors (Lipinski definition) is 9.